The van der Waals surface area contributed by atoms with E-state index in [1.165, 1.54) is 0 Å². The third-order valence-corrected chi connectivity index (χ3v) is 5.13. The van der Waals surface area contributed by atoms with Gasteiger partial charge in [-0.05, 0) is 50.2 Å². The molecule has 6 nitrogen and oxygen atoms in total. The van der Waals surface area contributed by atoms with Crippen LogP contribution in [0.1, 0.15) is 19.4 Å². The van der Waals surface area contributed by atoms with Gasteiger partial charge in [-0.25, -0.2) is 0 Å². The number of phenolic OH excluding ortho intramolecular Hbond substituents is 1. The van der Waals surface area contributed by atoms with Gasteiger partial charge in [0, 0.05) is 11.1 Å². The lowest BCUT2D eigenvalue weighted by molar-refractivity contribution is 0.340. The van der Waals surface area contributed by atoms with Gasteiger partial charge in [0.25, 0.3) is 0 Å². The number of hydrogen-bond donors (Lipinski definition) is 1. The molecule has 0 spiro atoms. The molecule has 2 aromatic carbocycles. The second-order valence-electron chi connectivity index (χ2n) is 5.84. The number of aromatic nitrogens is 3. The van der Waals surface area contributed by atoms with Crippen molar-refractivity contribution in [1.82, 2.24) is 14.9 Å². The summed E-state index contributed by atoms with van der Waals surface area (Å²) in [6.45, 7) is 4.63. The Morgan fingerprint density at radius 2 is 1.88 bits per heavy atom. The van der Waals surface area contributed by atoms with Crippen molar-refractivity contribution in [2.45, 2.75) is 24.3 Å². The maximum atomic E-state index is 10.2. The van der Waals surface area contributed by atoms with Gasteiger partial charge < -0.3 is 9.84 Å². The maximum Gasteiger partial charge on any atom is 0.213 e. The van der Waals surface area contributed by atoms with Gasteiger partial charge in [0.2, 0.25) is 5.16 Å². The highest BCUT2D eigenvalue weighted by atomic mass is 32.2. The molecule has 0 aliphatic carbocycles. The highest BCUT2D eigenvalue weighted by Crippen LogP contribution is 2.34. The average molecular weight is 366 g/mol. The van der Waals surface area contributed by atoms with Crippen molar-refractivity contribution < 1.29 is 9.84 Å². The molecule has 2 heterocycles. The zero-order chi connectivity index (χ0) is 18.1. The Labute approximate surface area is 155 Å². The molecule has 132 valence electrons. The van der Waals surface area contributed by atoms with Crippen molar-refractivity contribution in [3.63, 3.8) is 0 Å². The molecule has 0 saturated heterocycles. The third kappa shape index (κ3) is 2.94. The standard InChI is InChI=1S/C19H18N4O2S/c1-3-25-14-10-8-13(9-11-14)18-20-21-19-23(18)22-17(12(2)26-19)15-6-4-5-7-16(15)24/h4-12,24H,3H2,1-2H3/t12-/m1/s1. The first-order valence-corrected chi connectivity index (χ1v) is 9.28. The minimum atomic E-state index is 0.0631. The summed E-state index contributed by atoms with van der Waals surface area (Å²) in [5.41, 5.74) is 2.43. The smallest absolute Gasteiger partial charge is 0.213 e. The van der Waals surface area contributed by atoms with Crippen molar-refractivity contribution in [1.29, 1.82) is 0 Å². The lowest BCUT2D eigenvalue weighted by Crippen LogP contribution is -2.21. The normalized spacial score (nSPS) is 16.1. The Bertz CT molecular complexity index is 966. The van der Waals surface area contributed by atoms with Crippen molar-refractivity contribution in [2.75, 3.05) is 6.61 Å². The number of benzene rings is 2. The van der Waals surface area contributed by atoms with Gasteiger partial charge >= 0.3 is 0 Å². The Morgan fingerprint density at radius 1 is 1.12 bits per heavy atom. The summed E-state index contributed by atoms with van der Waals surface area (Å²) in [5.74, 6) is 1.70. The van der Waals surface area contributed by atoms with E-state index in [1.807, 2.05) is 50.2 Å². The van der Waals surface area contributed by atoms with Crippen LogP contribution >= 0.6 is 11.8 Å². The van der Waals surface area contributed by atoms with E-state index < -0.39 is 0 Å². The fourth-order valence-corrected chi connectivity index (χ4v) is 3.76. The number of para-hydroxylation sites is 1. The molecule has 1 aliphatic rings. The Morgan fingerprint density at radius 3 is 2.62 bits per heavy atom. The summed E-state index contributed by atoms with van der Waals surface area (Å²) in [4.78, 5) is 0. The summed E-state index contributed by atoms with van der Waals surface area (Å²) in [5, 5.41) is 24.3. The van der Waals surface area contributed by atoms with Gasteiger partial charge in [-0.3, -0.25) is 0 Å². The molecule has 0 amide bonds. The van der Waals surface area contributed by atoms with Gasteiger partial charge in [-0.15, -0.1) is 10.2 Å². The number of aromatic hydroxyl groups is 1. The van der Waals surface area contributed by atoms with E-state index in [9.17, 15) is 5.11 Å². The summed E-state index contributed by atoms with van der Waals surface area (Å²) >= 11 is 1.57. The second-order valence-corrected chi connectivity index (χ2v) is 7.15. The fourth-order valence-electron chi connectivity index (χ4n) is 2.84. The number of phenols is 1. The van der Waals surface area contributed by atoms with Crippen LogP contribution in [-0.2, 0) is 0 Å². The first-order valence-electron chi connectivity index (χ1n) is 8.40. The van der Waals surface area contributed by atoms with E-state index in [2.05, 4.69) is 10.2 Å². The van der Waals surface area contributed by atoms with Crippen LogP contribution in [0, 0.1) is 0 Å². The topological polar surface area (TPSA) is 72.5 Å². The first-order chi connectivity index (χ1) is 12.7. The zero-order valence-corrected chi connectivity index (χ0v) is 15.3. The van der Waals surface area contributed by atoms with Gasteiger partial charge in [0.15, 0.2) is 5.82 Å². The lowest BCUT2D eigenvalue weighted by atomic mass is 10.1. The molecule has 0 fully saturated rings. The SMILES string of the molecule is CCOc1ccc(-c2nnc3n2N=C(c2ccccc2O)[C@@H](C)S3)cc1. The summed E-state index contributed by atoms with van der Waals surface area (Å²) in [7, 11) is 0. The molecule has 7 heteroatoms. The highest BCUT2D eigenvalue weighted by molar-refractivity contribution is 8.00. The van der Waals surface area contributed by atoms with Crippen LogP contribution in [0.2, 0.25) is 0 Å². The monoisotopic (exact) mass is 366 g/mol. The molecule has 1 N–H and O–H groups in total. The molecule has 0 unspecified atom stereocenters. The number of hydrogen-bond acceptors (Lipinski definition) is 6. The molecule has 1 aromatic heterocycles. The van der Waals surface area contributed by atoms with Crippen LogP contribution in [0.15, 0.2) is 58.8 Å². The van der Waals surface area contributed by atoms with E-state index in [1.54, 1.807) is 28.6 Å². The molecule has 0 saturated carbocycles. The van der Waals surface area contributed by atoms with Crippen molar-refractivity contribution >= 4 is 17.5 Å². The number of thioether (sulfide) groups is 1. The lowest BCUT2D eigenvalue weighted by Gasteiger charge is -2.20. The van der Waals surface area contributed by atoms with E-state index in [0.717, 1.165) is 27.7 Å². The first kappa shape index (κ1) is 16.7. The summed E-state index contributed by atoms with van der Waals surface area (Å²) < 4.78 is 7.23. The minimum absolute atomic E-state index is 0.0631. The number of rotatable bonds is 4. The fraction of sp³-hybridized carbons (Fsp3) is 0.211. The maximum absolute atomic E-state index is 10.2. The predicted octanol–water partition coefficient (Wildman–Crippen LogP) is 3.80. The van der Waals surface area contributed by atoms with Crippen molar-refractivity contribution in [3.8, 4) is 22.9 Å². The van der Waals surface area contributed by atoms with Gasteiger partial charge in [0.1, 0.15) is 11.5 Å². The van der Waals surface area contributed by atoms with E-state index in [0.29, 0.717) is 12.4 Å². The number of nitrogens with zero attached hydrogens (tertiary/aromatic N) is 4. The average Bonchev–Trinajstić information content (AvgIpc) is 3.05. The van der Waals surface area contributed by atoms with E-state index in [4.69, 9.17) is 9.84 Å². The quantitative estimate of drug-likeness (QED) is 0.760. The van der Waals surface area contributed by atoms with Crippen molar-refractivity contribution in [2.24, 2.45) is 5.10 Å². The Balaban J connectivity index is 1.77. The zero-order valence-electron chi connectivity index (χ0n) is 14.5. The van der Waals surface area contributed by atoms with Crippen LogP contribution in [-0.4, -0.2) is 37.5 Å². The van der Waals surface area contributed by atoms with Gasteiger partial charge in [-0.1, -0.05) is 23.9 Å². The minimum Gasteiger partial charge on any atom is -0.507 e. The Hall–Kier alpha value is -2.80. The van der Waals surface area contributed by atoms with Crippen LogP contribution in [0.4, 0.5) is 0 Å². The van der Waals surface area contributed by atoms with Crippen LogP contribution in [0.25, 0.3) is 11.4 Å². The molecular weight excluding hydrogens is 348 g/mol. The number of fused-ring (bicyclic) bond motifs is 1. The Kier molecular flexibility index (Phi) is 4.38. The van der Waals surface area contributed by atoms with Crippen molar-refractivity contribution in [3.05, 3.63) is 54.1 Å². The molecule has 4 rings (SSSR count). The second kappa shape index (κ2) is 6.84. The summed E-state index contributed by atoms with van der Waals surface area (Å²) in [6, 6.07) is 14.9. The molecular formula is C19H18N4O2S. The third-order valence-electron chi connectivity index (χ3n) is 4.09. The van der Waals surface area contributed by atoms with Crippen LogP contribution < -0.4 is 4.74 Å². The largest absolute Gasteiger partial charge is 0.507 e. The van der Waals surface area contributed by atoms with Gasteiger partial charge in [0.05, 0.1) is 17.6 Å². The van der Waals surface area contributed by atoms with Crippen LogP contribution in [0.3, 0.4) is 0 Å². The highest BCUT2D eigenvalue weighted by Gasteiger charge is 2.27. The van der Waals surface area contributed by atoms with E-state index in [-0.39, 0.29) is 11.0 Å². The molecule has 0 radical (unpaired) electrons. The van der Waals surface area contributed by atoms with Crippen LogP contribution in [0.5, 0.6) is 11.5 Å². The predicted molar refractivity (Wildman–Crippen MR) is 102 cm³/mol. The molecule has 1 aliphatic heterocycles. The summed E-state index contributed by atoms with van der Waals surface area (Å²) in [6.07, 6.45) is 0. The molecule has 26 heavy (non-hydrogen) atoms. The molecule has 3 aromatic rings. The molecule has 1 atom stereocenters. The van der Waals surface area contributed by atoms with Gasteiger partial charge in [-0.2, -0.15) is 9.78 Å². The van der Waals surface area contributed by atoms with E-state index >= 15 is 0 Å². The number of ether oxygens (including phenoxy) is 1. The molecule has 0 bridgehead atoms.